The summed E-state index contributed by atoms with van der Waals surface area (Å²) in [6, 6.07) is 6.93. The first kappa shape index (κ1) is 13.3. The van der Waals surface area contributed by atoms with Crippen LogP contribution in [0.4, 0.5) is 0 Å². The summed E-state index contributed by atoms with van der Waals surface area (Å²) < 4.78 is 1.60. The van der Waals surface area contributed by atoms with Crippen molar-refractivity contribution in [3.8, 4) is 5.69 Å². The maximum Gasteiger partial charge on any atom is 0.306 e. The number of rotatable bonds is 4. The van der Waals surface area contributed by atoms with E-state index in [2.05, 4.69) is 15.6 Å². The van der Waals surface area contributed by atoms with Gasteiger partial charge in [-0.25, -0.2) is 4.68 Å². The summed E-state index contributed by atoms with van der Waals surface area (Å²) in [4.78, 5) is 22.7. The van der Waals surface area contributed by atoms with E-state index in [0.29, 0.717) is 18.4 Å². The molecule has 0 spiro atoms. The molecule has 0 bridgehead atoms. The number of nitrogens with zero attached hydrogens (tertiary/aromatic N) is 3. The Hall–Kier alpha value is -2.70. The van der Waals surface area contributed by atoms with Crippen LogP contribution in [0.2, 0.25) is 0 Å². The molecule has 7 nitrogen and oxygen atoms in total. The minimum absolute atomic E-state index is 0.0476. The molecule has 7 heteroatoms. The molecule has 108 valence electrons. The van der Waals surface area contributed by atoms with Gasteiger partial charge >= 0.3 is 5.97 Å². The molecule has 0 saturated heterocycles. The summed E-state index contributed by atoms with van der Waals surface area (Å²) in [6.45, 7) is 0. The molecule has 1 aliphatic rings. The second-order valence-corrected chi connectivity index (χ2v) is 5.07. The smallest absolute Gasteiger partial charge is 0.306 e. The maximum atomic E-state index is 12.0. The molecule has 1 heterocycles. The topological polar surface area (TPSA) is 97.1 Å². The van der Waals surface area contributed by atoms with E-state index in [9.17, 15) is 9.59 Å². The summed E-state index contributed by atoms with van der Waals surface area (Å²) in [5, 5.41) is 19.2. The van der Waals surface area contributed by atoms with Crippen molar-refractivity contribution < 1.29 is 14.7 Å². The Morgan fingerprint density at radius 3 is 2.52 bits per heavy atom. The molecule has 0 atom stereocenters. The zero-order chi connectivity index (χ0) is 14.8. The average Bonchev–Trinajstić information content (AvgIpc) is 2.96. The molecule has 1 aromatic carbocycles. The fourth-order valence-electron chi connectivity index (χ4n) is 2.32. The number of carbonyl (C=O) groups excluding carboxylic acids is 1. The molecule has 1 amide bonds. The number of aromatic nitrogens is 3. The quantitative estimate of drug-likeness (QED) is 0.868. The van der Waals surface area contributed by atoms with Gasteiger partial charge in [-0.2, -0.15) is 0 Å². The number of carbonyl (C=O) groups is 2. The first-order valence-electron chi connectivity index (χ1n) is 6.64. The molecule has 1 fully saturated rings. The van der Waals surface area contributed by atoms with E-state index in [1.807, 2.05) is 0 Å². The van der Waals surface area contributed by atoms with Crippen LogP contribution in [0, 0.1) is 5.92 Å². The van der Waals surface area contributed by atoms with Crippen molar-refractivity contribution in [2.45, 2.75) is 18.9 Å². The number of amides is 1. The van der Waals surface area contributed by atoms with Crippen LogP contribution in [0.15, 0.2) is 36.7 Å². The molecule has 0 unspecified atom stereocenters. The molecule has 21 heavy (non-hydrogen) atoms. The van der Waals surface area contributed by atoms with Crippen molar-refractivity contribution >= 4 is 11.9 Å². The zero-order valence-electron chi connectivity index (χ0n) is 11.1. The number of aliphatic carboxylic acids is 1. The summed E-state index contributed by atoms with van der Waals surface area (Å²) in [5.74, 6) is -1.31. The van der Waals surface area contributed by atoms with E-state index >= 15 is 0 Å². The SMILES string of the molecule is O=C(NC1CC(C(=O)O)C1)c1ccc(-n2ccnn2)cc1. The number of hydrogen-bond donors (Lipinski definition) is 2. The Kier molecular flexibility index (Phi) is 3.39. The summed E-state index contributed by atoms with van der Waals surface area (Å²) in [7, 11) is 0. The number of carboxylic acid groups (broad SMARTS) is 1. The highest BCUT2D eigenvalue weighted by Crippen LogP contribution is 2.27. The van der Waals surface area contributed by atoms with Crippen LogP contribution in [0.25, 0.3) is 5.69 Å². The van der Waals surface area contributed by atoms with Crippen LogP contribution in [0.1, 0.15) is 23.2 Å². The number of benzene rings is 1. The Balaban J connectivity index is 1.60. The number of carboxylic acids is 1. The largest absolute Gasteiger partial charge is 0.481 e. The molecule has 2 aromatic rings. The van der Waals surface area contributed by atoms with Crippen LogP contribution in [-0.2, 0) is 4.79 Å². The lowest BCUT2D eigenvalue weighted by molar-refractivity contribution is -0.145. The summed E-state index contributed by atoms with van der Waals surface area (Å²) >= 11 is 0. The molecule has 1 aromatic heterocycles. The normalized spacial score (nSPS) is 20.6. The minimum Gasteiger partial charge on any atom is -0.481 e. The predicted molar refractivity (Wildman–Crippen MR) is 73.0 cm³/mol. The minimum atomic E-state index is -0.794. The van der Waals surface area contributed by atoms with Crippen LogP contribution < -0.4 is 5.32 Å². The highest BCUT2D eigenvalue weighted by molar-refractivity contribution is 5.94. The van der Waals surface area contributed by atoms with Gasteiger partial charge < -0.3 is 10.4 Å². The van der Waals surface area contributed by atoms with Crippen molar-refractivity contribution in [1.29, 1.82) is 0 Å². The van der Waals surface area contributed by atoms with Gasteiger partial charge in [-0.15, -0.1) is 5.10 Å². The van der Waals surface area contributed by atoms with E-state index in [0.717, 1.165) is 5.69 Å². The Morgan fingerprint density at radius 2 is 1.95 bits per heavy atom. The van der Waals surface area contributed by atoms with Gasteiger partial charge in [-0.3, -0.25) is 9.59 Å². The van der Waals surface area contributed by atoms with E-state index in [1.54, 1.807) is 41.3 Å². The number of nitrogens with one attached hydrogen (secondary N) is 1. The molecular formula is C14H14N4O3. The number of hydrogen-bond acceptors (Lipinski definition) is 4. The van der Waals surface area contributed by atoms with Gasteiger partial charge in [0.2, 0.25) is 0 Å². The van der Waals surface area contributed by atoms with Crippen LogP contribution in [0.3, 0.4) is 0 Å². The summed E-state index contributed by atoms with van der Waals surface area (Å²) in [6.07, 6.45) is 4.29. The highest BCUT2D eigenvalue weighted by atomic mass is 16.4. The third kappa shape index (κ3) is 2.76. The first-order valence-corrected chi connectivity index (χ1v) is 6.64. The fourth-order valence-corrected chi connectivity index (χ4v) is 2.32. The van der Waals surface area contributed by atoms with Gasteiger partial charge in [0.1, 0.15) is 0 Å². The van der Waals surface area contributed by atoms with E-state index in [-0.39, 0.29) is 17.9 Å². The fraction of sp³-hybridized carbons (Fsp3) is 0.286. The third-order valence-corrected chi connectivity index (χ3v) is 3.64. The van der Waals surface area contributed by atoms with Crippen LogP contribution in [-0.4, -0.2) is 38.0 Å². The molecule has 0 aliphatic heterocycles. The second kappa shape index (κ2) is 5.35. The molecule has 1 saturated carbocycles. The standard InChI is InChI=1S/C14H14N4O3/c19-13(16-11-7-10(8-11)14(20)21)9-1-3-12(4-2-9)18-6-5-15-17-18/h1-6,10-11H,7-8H2,(H,16,19)(H,20,21). The third-order valence-electron chi connectivity index (χ3n) is 3.64. The Morgan fingerprint density at radius 1 is 1.24 bits per heavy atom. The van der Waals surface area contributed by atoms with Crippen molar-refractivity contribution in [3.63, 3.8) is 0 Å². The predicted octanol–water partition coefficient (Wildman–Crippen LogP) is 0.860. The lowest BCUT2D eigenvalue weighted by Crippen LogP contribution is -2.46. The van der Waals surface area contributed by atoms with Crippen molar-refractivity contribution in [2.75, 3.05) is 0 Å². The lowest BCUT2D eigenvalue weighted by atomic mass is 9.80. The maximum absolute atomic E-state index is 12.0. The molecular weight excluding hydrogens is 272 g/mol. The first-order chi connectivity index (χ1) is 10.1. The molecule has 2 N–H and O–H groups in total. The Labute approximate surface area is 120 Å². The van der Waals surface area contributed by atoms with Crippen molar-refractivity contribution in [1.82, 2.24) is 20.3 Å². The van der Waals surface area contributed by atoms with Crippen molar-refractivity contribution in [3.05, 3.63) is 42.2 Å². The van der Waals surface area contributed by atoms with Gasteiger partial charge in [0, 0.05) is 11.6 Å². The zero-order valence-corrected chi connectivity index (χ0v) is 11.1. The van der Waals surface area contributed by atoms with Crippen LogP contribution >= 0.6 is 0 Å². The second-order valence-electron chi connectivity index (χ2n) is 5.07. The van der Waals surface area contributed by atoms with Gasteiger partial charge in [-0.05, 0) is 37.1 Å². The highest BCUT2D eigenvalue weighted by Gasteiger charge is 2.35. The lowest BCUT2D eigenvalue weighted by Gasteiger charge is -2.32. The van der Waals surface area contributed by atoms with Crippen LogP contribution in [0.5, 0.6) is 0 Å². The molecule has 0 radical (unpaired) electrons. The molecule has 3 rings (SSSR count). The summed E-state index contributed by atoms with van der Waals surface area (Å²) in [5.41, 5.74) is 1.36. The average molecular weight is 286 g/mol. The Bertz CT molecular complexity index is 645. The van der Waals surface area contributed by atoms with Gasteiger partial charge in [0.15, 0.2) is 0 Å². The van der Waals surface area contributed by atoms with E-state index in [1.165, 1.54) is 0 Å². The van der Waals surface area contributed by atoms with E-state index in [4.69, 9.17) is 5.11 Å². The van der Waals surface area contributed by atoms with E-state index < -0.39 is 5.97 Å². The van der Waals surface area contributed by atoms with Crippen molar-refractivity contribution in [2.24, 2.45) is 5.92 Å². The van der Waals surface area contributed by atoms with Gasteiger partial charge in [0.05, 0.1) is 24.0 Å². The van der Waals surface area contributed by atoms with Gasteiger partial charge in [-0.1, -0.05) is 5.21 Å². The monoisotopic (exact) mass is 286 g/mol. The van der Waals surface area contributed by atoms with Gasteiger partial charge in [0.25, 0.3) is 5.91 Å². The molecule has 1 aliphatic carbocycles.